The highest BCUT2D eigenvalue weighted by molar-refractivity contribution is 5.51. The van der Waals surface area contributed by atoms with E-state index in [9.17, 15) is 0 Å². The van der Waals surface area contributed by atoms with Gasteiger partial charge in [-0.3, -0.25) is 4.98 Å². The molecule has 0 saturated heterocycles. The number of nitrogens with one attached hydrogen (secondary N) is 1. The Kier molecular flexibility index (Phi) is 3.09. The van der Waals surface area contributed by atoms with E-state index in [0.29, 0.717) is 23.1 Å². The highest BCUT2D eigenvalue weighted by Crippen LogP contribution is 2.32. The maximum atomic E-state index is 7.49. The molecule has 0 aliphatic carbocycles. The van der Waals surface area contributed by atoms with Gasteiger partial charge in [-0.2, -0.15) is 0 Å². The van der Waals surface area contributed by atoms with Crippen LogP contribution in [0.1, 0.15) is 5.69 Å². The van der Waals surface area contributed by atoms with E-state index < -0.39 is 0 Å². The van der Waals surface area contributed by atoms with Gasteiger partial charge in [-0.15, -0.1) is 0 Å². The molecule has 2 aromatic rings. The minimum Gasteiger partial charge on any atom is -0.493 e. The van der Waals surface area contributed by atoms with Gasteiger partial charge in [0.25, 0.3) is 0 Å². The molecule has 0 bridgehead atoms. The normalized spacial score (nSPS) is 10.0. The van der Waals surface area contributed by atoms with Crippen LogP contribution < -0.4 is 15.2 Å². The molecule has 0 fully saturated rings. The molecule has 0 spiro atoms. The molecule has 5 nitrogen and oxygen atoms in total. The van der Waals surface area contributed by atoms with Gasteiger partial charge in [0, 0.05) is 12.3 Å². The van der Waals surface area contributed by atoms with Crippen molar-refractivity contribution in [3.63, 3.8) is 0 Å². The van der Waals surface area contributed by atoms with Crippen molar-refractivity contribution in [2.75, 3.05) is 7.11 Å². The van der Waals surface area contributed by atoms with Gasteiger partial charge in [-0.25, -0.2) is 4.98 Å². The summed E-state index contributed by atoms with van der Waals surface area (Å²) in [5, 5.41) is 0. The van der Waals surface area contributed by atoms with Crippen LogP contribution in [-0.4, -0.2) is 17.1 Å². The van der Waals surface area contributed by atoms with E-state index in [2.05, 4.69) is 9.97 Å². The number of hydrogen-bond donors (Lipinski definition) is 0. The second-order valence-corrected chi connectivity index (χ2v) is 3.47. The van der Waals surface area contributed by atoms with Gasteiger partial charge < -0.3 is 15.2 Å². The SMILES string of the molecule is COc1cc([NH])ccc1Oc1cncc(C)n1. The fourth-order valence-electron chi connectivity index (χ4n) is 1.35. The molecule has 5 heteroatoms. The summed E-state index contributed by atoms with van der Waals surface area (Å²) in [6, 6.07) is 4.88. The lowest BCUT2D eigenvalue weighted by Crippen LogP contribution is -1.94. The summed E-state index contributed by atoms with van der Waals surface area (Å²) in [4.78, 5) is 8.17. The Morgan fingerprint density at radius 3 is 2.71 bits per heavy atom. The van der Waals surface area contributed by atoms with Gasteiger partial charge in [-0.1, -0.05) is 0 Å². The smallest absolute Gasteiger partial charge is 0.238 e. The minimum atomic E-state index is 0.365. The van der Waals surface area contributed by atoms with Crippen LogP contribution in [0.25, 0.3) is 0 Å². The van der Waals surface area contributed by atoms with Crippen LogP contribution in [0, 0.1) is 6.92 Å². The lowest BCUT2D eigenvalue weighted by atomic mass is 10.3. The Balaban J connectivity index is 2.29. The Hall–Kier alpha value is -2.30. The van der Waals surface area contributed by atoms with E-state index >= 15 is 0 Å². The van der Waals surface area contributed by atoms with Crippen LogP contribution in [0.5, 0.6) is 17.4 Å². The van der Waals surface area contributed by atoms with Gasteiger partial charge in [0.1, 0.15) is 0 Å². The van der Waals surface area contributed by atoms with Crippen molar-refractivity contribution in [2.24, 2.45) is 0 Å². The molecule has 0 saturated carbocycles. The molecule has 1 heterocycles. The Morgan fingerprint density at radius 1 is 1.18 bits per heavy atom. The van der Waals surface area contributed by atoms with Crippen LogP contribution in [0.4, 0.5) is 5.69 Å². The number of ether oxygens (including phenoxy) is 2. The quantitative estimate of drug-likeness (QED) is 0.812. The molecule has 0 aliphatic rings. The standard InChI is InChI=1S/C12H12N3O2/c1-8-6-14-7-12(15-8)17-10-4-3-9(13)5-11(10)16-2/h3-7,13H,1-2H3. The van der Waals surface area contributed by atoms with Crippen molar-refractivity contribution < 1.29 is 9.47 Å². The molecule has 0 aliphatic heterocycles. The third kappa shape index (κ3) is 2.63. The van der Waals surface area contributed by atoms with Crippen LogP contribution in [0.2, 0.25) is 0 Å². The molecule has 0 unspecified atom stereocenters. The van der Waals surface area contributed by atoms with Crippen molar-refractivity contribution >= 4 is 5.69 Å². The first-order valence-electron chi connectivity index (χ1n) is 5.05. The summed E-state index contributed by atoms with van der Waals surface area (Å²) in [6.45, 7) is 1.84. The maximum Gasteiger partial charge on any atom is 0.238 e. The summed E-state index contributed by atoms with van der Waals surface area (Å²) in [5.41, 5.74) is 8.63. The van der Waals surface area contributed by atoms with Gasteiger partial charge >= 0.3 is 0 Å². The number of methoxy groups -OCH3 is 1. The molecular weight excluding hydrogens is 218 g/mol. The number of nitrogens with zero attached hydrogens (tertiary/aromatic N) is 2. The van der Waals surface area contributed by atoms with E-state index in [1.807, 2.05) is 6.92 Å². The van der Waals surface area contributed by atoms with E-state index in [4.69, 9.17) is 15.2 Å². The molecule has 1 aromatic heterocycles. The monoisotopic (exact) mass is 230 g/mol. The van der Waals surface area contributed by atoms with Gasteiger partial charge in [-0.05, 0) is 19.1 Å². The van der Waals surface area contributed by atoms with E-state index in [1.165, 1.54) is 13.3 Å². The predicted molar refractivity (Wildman–Crippen MR) is 62.6 cm³/mol. The van der Waals surface area contributed by atoms with Crippen LogP contribution in [-0.2, 0) is 0 Å². The molecule has 0 amide bonds. The van der Waals surface area contributed by atoms with Gasteiger partial charge in [0.05, 0.1) is 24.7 Å². The summed E-state index contributed by atoms with van der Waals surface area (Å²) in [7, 11) is 1.53. The average Bonchev–Trinajstić information content (AvgIpc) is 2.31. The number of benzene rings is 1. The van der Waals surface area contributed by atoms with Crippen LogP contribution in [0.15, 0.2) is 30.6 Å². The summed E-state index contributed by atoms with van der Waals surface area (Å²) >= 11 is 0. The lowest BCUT2D eigenvalue weighted by molar-refractivity contribution is 0.373. The van der Waals surface area contributed by atoms with E-state index in [0.717, 1.165) is 5.69 Å². The first-order chi connectivity index (χ1) is 8.19. The highest BCUT2D eigenvalue weighted by Gasteiger charge is 2.07. The average molecular weight is 230 g/mol. The maximum absolute atomic E-state index is 7.49. The topological polar surface area (TPSA) is 68.0 Å². The minimum absolute atomic E-state index is 0.365. The number of rotatable bonds is 3. The summed E-state index contributed by atoms with van der Waals surface area (Å²) in [5.74, 6) is 1.42. The van der Waals surface area contributed by atoms with Crippen molar-refractivity contribution in [1.29, 1.82) is 0 Å². The van der Waals surface area contributed by atoms with Gasteiger partial charge in [0.15, 0.2) is 11.5 Å². The molecule has 1 radical (unpaired) electrons. The zero-order valence-electron chi connectivity index (χ0n) is 9.60. The zero-order chi connectivity index (χ0) is 12.3. The molecule has 0 atom stereocenters. The van der Waals surface area contributed by atoms with Crippen LogP contribution in [0.3, 0.4) is 0 Å². The van der Waals surface area contributed by atoms with Crippen molar-refractivity contribution in [3.05, 3.63) is 36.3 Å². The molecular formula is C12H12N3O2. The Morgan fingerprint density at radius 2 is 2.00 bits per heavy atom. The fourth-order valence-corrected chi connectivity index (χ4v) is 1.35. The first kappa shape index (κ1) is 11.2. The predicted octanol–water partition coefficient (Wildman–Crippen LogP) is 2.50. The van der Waals surface area contributed by atoms with E-state index in [-0.39, 0.29) is 0 Å². The first-order valence-corrected chi connectivity index (χ1v) is 5.05. The molecule has 2 rings (SSSR count). The molecule has 1 aromatic carbocycles. The number of hydrogen-bond acceptors (Lipinski definition) is 4. The molecule has 87 valence electrons. The Bertz CT molecular complexity index is 529. The van der Waals surface area contributed by atoms with Crippen molar-refractivity contribution in [3.8, 4) is 17.4 Å². The van der Waals surface area contributed by atoms with E-state index in [1.54, 1.807) is 24.4 Å². The summed E-state index contributed by atoms with van der Waals surface area (Å²) in [6.07, 6.45) is 3.18. The zero-order valence-corrected chi connectivity index (χ0v) is 9.60. The Labute approximate surface area is 99.2 Å². The lowest BCUT2D eigenvalue weighted by Gasteiger charge is -2.09. The molecule has 1 N–H and O–H groups in total. The second kappa shape index (κ2) is 4.69. The second-order valence-electron chi connectivity index (χ2n) is 3.47. The number of aromatic nitrogens is 2. The fraction of sp³-hybridized carbons (Fsp3) is 0.167. The van der Waals surface area contributed by atoms with Gasteiger partial charge in [0.2, 0.25) is 5.88 Å². The third-order valence-corrected chi connectivity index (χ3v) is 2.11. The molecule has 17 heavy (non-hydrogen) atoms. The third-order valence-electron chi connectivity index (χ3n) is 2.11. The number of aryl methyl sites for hydroxylation is 1. The summed E-state index contributed by atoms with van der Waals surface area (Å²) < 4.78 is 10.7. The largest absolute Gasteiger partial charge is 0.493 e. The van der Waals surface area contributed by atoms with Crippen molar-refractivity contribution in [2.45, 2.75) is 6.92 Å². The van der Waals surface area contributed by atoms with Crippen LogP contribution >= 0.6 is 0 Å². The highest BCUT2D eigenvalue weighted by atomic mass is 16.5. The van der Waals surface area contributed by atoms with Crippen molar-refractivity contribution in [1.82, 2.24) is 15.7 Å².